The minimum atomic E-state index is -1.48. The third-order valence-corrected chi connectivity index (χ3v) is 11.3. The fourth-order valence-corrected chi connectivity index (χ4v) is 8.09. The van der Waals surface area contributed by atoms with Crippen LogP contribution in [0.25, 0.3) is 0 Å². The molecule has 0 aliphatic carbocycles. The summed E-state index contributed by atoms with van der Waals surface area (Å²) in [4.78, 5) is 42.0. The third-order valence-electron chi connectivity index (χ3n) is 7.56. The zero-order valence-electron chi connectivity index (χ0n) is 28.3. The van der Waals surface area contributed by atoms with Crippen LogP contribution in [0.2, 0.25) is 0 Å². The van der Waals surface area contributed by atoms with Crippen molar-refractivity contribution >= 4 is 45.0 Å². The second-order valence-electron chi connectivity index (χ2n) is 11.4. The van der Waals surface area contributed by atoms with Crippen LogP contribution in [0.3, 0.4) is 0 Å². The van der Waals surface area contributed by atoms with Crippen molar-refractivity contribution in [1.29, 1.82) is 0 Å². The summed E-state index contributed by atoms with van der Waals surface area (Å²) in [6, 6.07) is 21.7. The summed E-state index contributed by atoms with van der Waals surface area (Å²) in [7, 11) is 0. The van der Waals surface area contributed by atoms with Gasteiger partial charge in [0.15, 0.2) is 0 Å². The van der Waals surface area contributed by atoms with Crippen molar-refractivity contribution in [2.75, 3.05) is 0 Å². The molecule has 2 unspecified atom stereocenters. The van der Waals surface area contributed by atoms with E-state index in [1.165, 1.54) is 20.0 Å². The van der Waals surface area contributed by atoms with Crippen molar-refractivity contribution < 1.29 is 39.6 Å². The van der Waals surface area contributed by atoms with Gasteiger partial charge in [-0.15, -0.1) is 0 Å². The molecule has 0 aromatic heterocycles. The molecule has 0 aliphatic rings. The molecule has 2 aromatic carbocycles. The standard InChI is InChI=1S/2C12H20O4.2C7H7.Sn/c2*1-3-5-6-9(4-2)7-10(12(15)16)8-11(13)14;2*1-7-5-3-2-4-6-7;/h2*8-9H,3-7H2,1-2H3,(H,13,14)(H,15,16);2*2-6H,1H2;/q;;;;+4/p-4/b2*10-8-;;;. The molecule has 254 valence electrons. The average molecular weight is 754 g/mol. The van der Waals surface area contributed by atoms with Gasteiger partial charge in [0.2, 0.25) is 0 Å². The van der Waals surface area contributed by atoms with Crippen molar-refractivity contribution in [3.05, 3.63) is 95.1 Å². The van der Waals surface area contributed by atoms with E-state index in [1.807, 2.05) is 13.8 Å². The fraction of sp³-hybridized carbons (Fsp3) is 0.474. The van der Waals surface area contributed by atoms with Gasteiger partial charge in [-0.25, -0.2) is 0 Å². The molecule has 0 amide bonds. The Kier molecular flexibility index (Phi) is 25.7. The second-order valence-corrected chi connectivity index (χ2v) is 14.8. The average Bonchev–Trinajstić information content (AvgIpc) is 3.05. The molecule has 2 aromatic rings. The fourth-order valence-electron chi connectivity index (χ4n) is 4.74. The summed E-state index contributed by atoms with van der Waals surface area (Å²) in [5.74, 6) is -5.40. The number of benzene rings is 2. The van der Waals surface area contributed by atoms with E-state index in [9.17, 15) is 39.6 Å². The van der Waals surface area contributed by atoms with Crippen LogP contribution in [0.1, 0.15) is 103 Å². The van der Waals surface area contributed by atoms with Crippen molar-refractivity contribution in [2.24, 2.45) is 11.8 Å². The molecule has 8 nitrogen and oxygen atoms in total. The van der Waals surface area contributed by atoms with E-state index in [2.05, 4.69) is 74.5 Å². The topological polar surface area (TPSA) is 161 Å². The summed E-state index contributed by atoms with van der Waals surface area (Å²) in [5, 5.41) is 42.0. The van der Waals surface area contributed by atoms with Gasteiger partial charge >= 0.3 is 102 Å². The van der Waals surface area contributed by atoms with Crippen molar-refractivity contribution in [3.63, 3.8) is 0 Å². The Balaban J connectivity index is 0.000000675. The van der Waals surface area contributed by atoms with E-state index in [1.54, 1.807) is 0 Å². The Morgan fingerprint density at radius 1 is 0.596 bits per heavy atom. The minimum absolute atomic E-state index is 0.178. The van der Waals surface area contributed by atoms with Crippen LogP contribution in [0, 0.1) is 11.8 Å². The van der Waals surface area contributed by atoms with E-state index >= 15 is 0 Å². The number of rotatable bonds is 20. The molecule has 0 bridgehead atoms. The normalized spacial score (nSPS) is 12.4. The summed E-state index contributed by atoms with van der Waals surface area (Å²) in [6.45, 7) is 8.05. The first kappa shape index (κ1) is 43.6. The monoisotopic (exact) mass is 754 g/mol. The Hall–Kier alpha value is -3.40. The molecule has 9 heteroatoms. The molecule has 0 aliphatic heterocycles. The van der Waals surface area contributed by atoms with Gasteiger partial charge in [0.25, 0.3) is 0 Å². The SMILES string of the molecule is CCCCC(CC)C/C(=C/C(=O)[O-])C(=O)[O-].CCCCC(CC)C/C(=C/C(=O)[O-])C(=O)[O-].c1ccc([CH2][Sn+4][CH2]c2ccccc2)cc1. The molecule has 0 fully saturated rings. The number of carbonyl (C=O) groups is 4. The first-order valence-electron chi connectivity index (χ1n) is 16.5. The molecule has 6 radical (unpaired) electrons. The van der Waals surface area contributed by atoms with Crippen molar-refractivity contribution in [3.8, 4) is 0 Å². The molecule has 2 rings (SSSR count). The van der Waals surface area contributed by atoms with Gasteiger partial charge in [0, 0.05) is 0 Å². The van der Waals surface area contributed by atoms with E-state index in [0.717, 1.165) is 51.4 Å². The molecule has 47 heavy (non-hydrogen) atoms. The van der Waals surface area contributed by atoms with Crippen LogP contribution in [0.4, 0.5) is 0 Å². The van der Waals surface area contributed by atoms with Gasteiger partial charge in [-0.05, 0) is 48.0 Å². The summed E-state index contributed by atoms with van der Waals surface area (Å²) in [6.07, 6.45) is 9.34. The first-order valence-corrected chi connectivity index (χ1v) is 20.5. The molecule has 2 atom stereocenters. The van der Waals surface area contributed by atoms with E-state index in [0.29, 0.717) is 12.2 Å². The molecular weight excluding hydrogens is 703 g/mol. The van der Waals surface area contributed by atoms with Gasteiger partial charge in [-0.1, -0.05) is 79.1 Å². The number of carboxylic acid groups (broad SMARTS) is 4. The second kappa shape index (κ2) is 27.7. The zero-order valence-corrected chi connectivity index (χ0v) is 31.2. The van der Waals surface area contributed by atoms with Crippen LogP contribution in [-0.2, 0) is 28.1 Å². The van der Waals surface area contributed by atoms with Crippen molar-refractivity contribution in [1.82, 2.24) is 0 Å². The summed E-state index contributed by atoms with van der Waals surface area (Å²) >= 11 is -0.258. The summed E-state index contributed by atoms with van der Waals surface area (Å²) in [5.41, 5.74) is 2.67. The molecule has 0 spiro atoms. The molecular formula is C38H50O8Sn. The van der Waals surface area contributed by atoms with Gasteiger partial charge in [-0.3, -0.25) is 0 Å². The number of aliphatic carboxylic acids is 4. The van der Waals surface area contributed by atoms with Crippen LogP contribution in [-0.4, -0.2) is 45.0 Å². The van der Waals surface area contributed by atoms with Gasteiger partial charge < -0.3 is 39.6 Å². The Labute approximate surface area is 291 Å². The van der Waals surface area contributed by atoms with Gasteiger partial charge in [-0.2, -0.15) is 0 Å². The molecule has 0 saturated carbocycles. The molecule has 0 N–H and O–H groups in total. The van der Waals surface area contributed by atoms with E-state index < -0.39 is 23.9 Å². The number of hydrogen-bond donors (Lipinski definition) is 0. The van der Waals surface area contributed by atoms with Crippen LogP contribution in [0.5, 0.6) is 0 Å². The molecule has 0 saturated heterocycles. The predicted molar refractivity (Wildman–Crippen MR) is 178 cm³/mol. The van der Waals surface area contributed by atoms with Crippen LogP contribution in [0.15, 0.2) is 84.0 Å². The Morgan fingerprint density at radius 3 is 1.19 bits per heavy atom. The number of hydrogen-bond acceptors (Lipinski definition) is 8. The quantitative estimate of drug-likeness (QED) is 0.147. The Morgan fingerprint density at radius 2 is 0.936 bits per heavy atom. The third kappa shape index (κ3) is 23.6. The maximum absolute atomic E-state index is 10.7. The molecule has 0 heterocycles. The van der Waals surface area contributed by atoms with E-state index in [-0.39, 0.29) is 57.0 Å². The number of unbranched alkanes of at least 4 members (excludes halogenated alkanes) is 2. The maximum atomic E-state index is 10.7. The van der Waals surface area contributed by atoms with Crippen LogP contribution >= 0.6 is 0 Å². The number of carbonyl (C=O) groups excluding carboxylic acids is 4. The zero-order chi connectivity index (χ0) is 35.5. The van der Waals surface area contributed by atoms with Crippen LogP contribution < -0.4 is 20.4 Å². The number of carboxylic acids is 4. The van der Waals surface area contributed by atoms with Crippen molar-refractivity contribution in [2.45, 2.75) is 101 Å². The Bertz CT molecular complexity index is 1130. The van der Waals surface area contributed by atoms with Gasteiger partial charge in [0.1, 0.15) is 0 Å². The van der Waals surface area contributed by atoms with E-state index in [4.69, 9.17) is 0 Å². The first-order chi connectivity index (χ1) is 22.5. The predicted octanol–water partition coefficient (Wildman–Crippen LogP) is 3.13. The van der Waals surface area contributed by atoms with Gasteiger partial charge in [0.05, 0.1) is 23.9 Å². The summed E-state index contributed by atoms with van der Waals surface area (Å²) < 4.78 is 2.69.